The van der Waals surface area contributed by atoms with Crippen LogP contribution in [0, 0.1) is 0 Å². The monoisotopic (exact) mass is 452 g/mol. The average Bonchev–Trinajstić information content (AvgIpc) is 2.83. The summed E-state index contributed by atoms with van der Waals surface area (Å²) >= 11 is 5.27. The van der Waals surface area contributed by atoms with Gasteiger partial charge in [0.1, 0.15) is 12.4 Å². The zero-order valence-electron chi connectivity index (χ0n) is 18.0. The normalized spacial score (nSPS) is 10.1. The van der Waals surface area contributed by atoms with E-state index in [1.807, 2.05) is 54.6 Å². The lowest BCUT2D eigenvalue weighted by Crippen LogP contribution is -2.34. The quantitative estimate of drug-likeness (QED) is 0.490. The first kappa shape index (κ1) is 22.9. The number of benzene rings is 3. The summed E-state index contributed by atoms with van der Waals surface area (Å²) in [6.45, 7) is 0.483. The molecular weight excluding hydrogens is 428 g/mol. The summed E-state index contributed by atoms with van der Waals surface area (Å²) in [6.07, 6.45) is 0. The van der Waals surface area contributed by atoms with Crippen LogP contribution in [-0.2, 0) is 6.61 Å². The maximum atomic E-state index is 12.6. The number of ether oxygens (including phenoxy) is 4. The maximum Gasteiger partial charge on any atom is 0.257 e. The van der Waals surface area contributed by atoms with E-state index >= 15 is 0 Å². The van der Waals surface area contributed by atoms with Gasteiger partial charge in [-0.2, -0.15) is 0 Å². The van der Waals surface area contributed by atoms with E-state index in [0.29, 0.717) is 35.1 Å². The molecule has 2 N–H and O–H groups in total. The van der Waals surface area contributed by atoms with Gasteiger partial charge in [-0.3, -0.25) is 10.1 Å². The van der Waals surface area contributed by atoms with Crippen molar-refractivity contribution in [1.29, 1.82) is 0 Å². The van der Waals surface area contributed by atoms with Crippen molar-refractivity contribution in [2.45, 2.75) is 6.61 Å². The molecule has 0 spiro atoms. The molecule has 0 saturated heterocycles. The summed E-state index contributed by atoms with van der Waals surface area (Å²) in [6, 6.07) is 20.3. The number of hydrogen-bond donors (Lipinski definition) is 2. The molecule has 0 aromatic heterocycles. The van der Waals surface area contributed by atoms with E-state index in [1.54, 1.807) is 12.1 Å². The fourth-order valence-electron chi connectivity index (χ4n) is 2.93. The number of rotatable bonds is 8. The molecule has 3 aromatic rings. The molecule has 7 nitrogen and oxygen atoms in total. The number of carbonyl (C=O) groups excluding carboxylic acids is 1. The van der Waals surface area contributed by atoms with Crippen molar-refractivity contribution in [2.24, 2.45) is 0 Å². The summed E-state index contributed by atoms with van der Waals surface area (Å²) < 4.78 is 21.6. The van der Waals surface area contributed by atoms with Crippen LogP contribution < -0.4 is 29.6 Å². The van der Waals surface area contributed by atoms with Crippen molar-refractivity contribution in [3.8, 4) is 23.0 Å². The van der Waals surface area contributed by atoms with Crippen LogP contribution in [0.15, 0.2) is 66.7 Å². The Morgan fingerprint density at radius 3 is 2.06 bits per heavy atom. The summed E-state index contributed by atoms with van der Waals surface area (Å²) in [7, 11) is 4.47. The van der Waals surface area contributed by atoms with Crippen LogP contribution in [0.3, 0.4) is 0 Å². The zero-order chi connectivity index (χ0) is 22.9. The van der Waals surface area contributed by atoms with Gasteiger partial charge in [0.15, 0.2) is 16.6 Å². The summed E-state index contributed by atoms with van der Waals surface area (Å²) in [5.41, 5.74) is 2.12. The molecule has 8 heteroatoms. The van der Waals surface area contributed by atoms with Crippen LogP contribution >= 0.6 is 12.2 Å². The molecule has 0 aliphatic heterocycles. The Bertz CT molecular complexity index is 1050. The highest BCUT2D eigenvalue weighted by Gasteiger charge is 2.17. The molecular formula is C24H24N2O5S. The van der Waals surface area contributed by atoms with Crippen LogP contribution in [0.2, 0.25) is 0 Å². The average molecular weight is 453 g/mol. The number of amides is 1. The third kappa shape index (κ3) is 5.89. The highest BCUT2D eigenvalue weighted by atomic mass is 32.1. The number of hydrogen-bond acceptors (Lipinski definition) is 6. The zero-order valence-corrected chi connectivity index (χ0v) is 18.8. The second kappa shape index (κ2) is 11.0. The Balaban J connectivity index is 1.59. The Kier molecular flexibility index (Phi) is 7.88. The van der Waals surface area contributed by atoms with E-state index in [0.717, 1.165) is 11.3 Å². The Morgan fingerprint density at radius 2 is 1.50 bits per heavy atom. The van der Waals surface area contributed by atoms with Gasteiger partial charge in [-0.15, -0.1) is 0 Å². The first-order valence-corrected chi connectivity index (χ1v) is 10.1. The molecule has 0 heterocycles. The van der Waals surface area contributed by atoms with Crippen molar-refractivity contribution < 1.29 is 23.7 Å². The topological polar surface area (TPSA) is 78.1 Å². The van der Waals surface area contributed by atoms with Crippen LogP contribution in [0.1, 0.15) is 15.9 Å². The van der Waals surface area contributed by atoms with Crippen LogP contribution in [-0.4, -0.2) is 32.3 Å². The SMILES string of the molecule is COc1cc(C(=O)NC(=S)Nc2ccc(OCc3ccccc3)cc2)cc(OC)c1OC. The second-order valence-corrected chi connectivity index (χ2v) is 7.03. The Morgan fingerprint density at radius 1 is 0.875 bits per heavy atom. The highest BCUT2D eigenvalue weighted by Crippen LogP contribution is 2.38. The summed E-state index contributed by atoms with van der Waals surface area (Å²) in [5.74, 6) is 1.47. The van der Waals surface area contributed by atoms with E-state index < -0.39 is 5.91 Å². The van der Waals surface area contributed by atoms with Gasteiger partial charge in [0.25, 0.3) is 5.91 Å². The van der Waals surface area contributed by atoms with Gasteiger partial charge in [0.05, 0.1) is 21.3 Å². The van der Waals surface area contributed by atoms with Crippen LogP contribution in [0.4, 0.5) is 5.69 Å². The lowest BCUT2D eigenvalue weighted by atomic mass is 10.1. The smallest absolute Gasteiger partial charge is 0.257 e. The van der Waals surface area contributed by atoms with E-state index in [1.165, 1.54) is 21.3 Å². The van der Waals surface area contributed by atoms with Gasteiger partial charge in [-0.25, -0.2) is 0 Å². The van der Waals surface area contributed by atoms with Crippen molar-refractivity contribution in [1.82, 2.24) is 5.32 Å². The van der Waals surface area contributed by atoms with Gasteiger partial charge >= 0.3 is 0 Å². The van der Waals surface area contributed by atoms with Gasteiger partial charge in [-0.05, 0) is 54.2 Å². The molecule has 3 aromatic carbocycles. The molecule has 1 amide bonds. The van der Waals surface area contributed by atoms with Gasteiger partial charge in [-0.1, -0.05) is 30.3 Å². The lowest BCUT2D eigenvalue weighted by molar-refractivity contribution is 0.0977. The molecule has 0 fully saturated rings. The Labute approximate surface area is 192 Å². The number of anilines is 1. The third-order valence-corrected chi connectivity index (χ3v) is 4.72. The van der Waals surface area contributed by atoms with Crippen LogP contribution in [0.25, 0.3) is 0 Å². The summed E-state index contributed by atoms with van der Waals surface area (Å²) in [5, 5.41) is 5.78. The number of nitrogens with one attached hydrogen (secondary N) is 2. The molecule has 0 atom stereocenters. The maximum absolute atomic E-state index is 12.6. The molecule has 166 valence electrons. The largest absolute Gasteiger partial charge is 0.493 e. The number of carbonyl (C=O) groups is 1. The predicted octanol–water partition coefficient (Wildman–Crippen LogP) is 4.42. The predicted molar refractivity (Wildman–Crippen MR) is 127 cm³/mol. The molecule has 3 rings (SSSR count). The van der Waals surface area contributed by atoms with Gasteiger partial charge < -0.3 is 24.3 Å². The van der Waals surface area contributed by atoms with Crippen molar-refractivity contribution in [3.63, 3.8) is 0 Å². The second-order valence-electron chi connectivity index (χ2n) is 6.62. The number of thiocarbonyl (C=S) groups is 1. The fraction of sp³-hybridized carbons (Fsp3) is 0.167. The number of methoxy groups -OCH3 is 3. The minimum absolute atomic E-state index is 0.154. The van der Waals surface area contributed by atoms with Crippen LogP contribution in [0.5, 0.6) is 23.0 Å². The third-order valence-electron chi connectivity index (χ3n) is 4.51. The minimum Gasteiger partial charge on any atom is -0.493 e. The van der Waals surface area contributed by atoms with Crippen molar-refractivity contribution in [3.05, 3.63) is 77.9 Å². The molecule has 0 radical (unpaired) electrons. The van der Waals surface area contributed by atoms with Gasteiger partial charge in [0, 0.05) is 11.3 Å². The van der Waals surface area contributed by atoms with E-state index in [2.05, 4.69) is 10.6 Å². The molecule has 0 unspecified atom stereocenters. The molecule has 0 saturated carbocycles. The molecule has 0 aliphatic carbocycles. The van der Waals surface area contributed by atoms with Gasteiger partial charge in [0.2, 0.25) is 5.75 Å². The van der Waals surface area contributed by atoms with E-state index in [4.69, 9.17) is 31.2 Å². The fourth-order valence-corrected chi connectivity index (χ4v) is 3.14. The molecule has 0 aliphatic rings. The highest BCUT2D eigenvalue weighted by molar-refractivity contribution is 7.80. The van der Waals surface area contributed by atoms with E-state index in [-0.39, 0.29) is 5.11 Å². The minimum atomic E-state index is -0.412. The molecule has 32 heavy (non-hydrogen) atoms. The standard InChI is InChI=1S/C24H24N2O5S/c1-28-20-13-17(14-21(29-2)22(20)30-3)23(27)26-24(32)25-18-9-11-19(12-10-18)31-15-16-7-5-4-6-8-16/h4-14H,15H2,1-3H3,(H2,25,26,27,32). The summed E-state index contributed by atoms with van der Waals surface area (Å²) in [4.78, 5) is 12.6. The first-order chi connectivity index (χ1) is 15.5. The van der Waals surface area contributed by atoms with Crippen molar-refractivity contribution in [2.75, 3.05) is 26.6 Å². The van der Waals surface area contributed by atoms with Crippen molar-refractivity contribution >= 4 is 28.9 Å². The molecule has 0 bridgehead atoms. The van der Waals surface area contributed by atoms with E-state index in [9.17, 15) is 4.79 Å². The first-order valence-electron chi connectivity index (χ1n) is 9.73. The lowest BCUT2D eigenvalue weighted by Gasteiger charge is -2.15. The Hall–Kier alpha value is -3.78.